The van der Waals surface area contributed by atoms with Gasteiger partial charge in [0.1, 0.15) is 5.65 Å². The van der Waals surface area contributed by atoms with Crippen LogP contribution in [0.25, 0.3) is 16.9 Å². The third-order valence-corrected chi connectivity index (χ3v) is 4.69. The highest BCUT2D eigenvalue weighted by Crippen LogP contribution is 2.37. The minimum absolute atomic E-state index is 1.07. The number of nitrogens with zero attached hydrogens (tertiary/aromatic N) is 2. The second-order valence-electron chi connectivity index (χ2n) is 5.03. The molecule has 90 valence electrons. The molecular weight excluding hydrogens is 240 g/mol. The molecule has 18 heavy (non-hydrogen) atoms. The van der Waals surface area contributed by atoms with Gasteiger partial charge in [-0.05, 0) is 55.8 Å². The molecule has 0 saturated heterocycles. The summed E-state index contributed by atoms with van der Waals surface area (Å²) in [5.41, 5.74) is 7.63. The molecular formula is C15H14N2S. The van der Waals surface area contributed by atoms with Crippen LogP contribution in [0.1, 0.15) is 21.8 Å². The first-order chi connectivity index (χ1) is 8.74. The summed E-state index contributed by atoms with van der Waals surface area (Å²) in [6.45, 7) is 4.30. The van der Waals surface area contributed by atoms with Crippen LogP contribution in [0.5, 0.6) is 0 Å². The van der Waals surface area contributed by atoms with E-state index in [2.05, 4.69) is 41.8 Å². The van der Waals surface area contributed by atoms with E-state index in [1.165, 1.54) is 33.1 Å². The van der Waals surface area contributed by atoms with Gasteiger partial charge in [-0.1, -0.05) is 0 Å². The Kier molecular flexibility index (Phi) is 1.98. The van der Waals surface area contributed by atoms with Gasteiger partial charge in [-0.25, -0.2) is 4.98 Å². The van der Waals surface area contributed by atoms with Crippen LogP contribution in [0.4, 0.5) is 0 Å². The fourth-order valence-electron chi connectivity index (χ4n) is 3.01. The maximum atomic E-state index is 4.82. The van der Waals surface area contributed by atoms with Gasteiger partial charge in [0, 0.05) is 16.1 Å². The topological polar surface area (TPSA) is 17.3 Å². The van der Waals surface area contributed by atoms with Crippen LogP contribution in [0.2, 0.25) is 0 Å². The average molecular weight is 254 g/mol. The van der Waals surface area contributed by atoms with Crippen LogP contribution < -0.4 is 0 Å². The fourth-order valence-corrected chi connectivity index (χ4v) is 3.89. The Morgan fingerprint density at radius 1 is 1.22 bits per heavy atom. The molecule has 0 unspecified atom stereocenters. The number of rotatable bonds is 0. The molecule has 3 heteroatoms. The van der Waals surface area contributed by atoms with Gasteiger partial charge < -0.3 is 0 Å². The van der Waals surface area contributed by atoms with Crippen molar-refractivity contribution in [1.29, 1.82) is 0 Å². The van der Waals surface area contributed by atoms with Crippen molar-refractivity contribution in [2.24, 2.45) is 0 Å². The summed E-state index contributed by atoms with van der Waals surface area (Å²) in [7, 11) is 0. The van der Waals surface area contributed by atoms with E-state index < -0.39 is 0 Å². The Balaban J connectivity index is 2.16. The minimum atomic E-state index is 1.07. The van der Waals surface area contributed by atoms with Gasteiger partial charge in [-0.2, -0.15) is 0 Å². The number of aryl methyl sites for hydroxylation is 4. The molecule has 0 aromatic carbocycles. The van der Waals surface area contributed by atoms with E-state index in [0.717, 1.165) is 18.5 Å². The molecule has 3 aromatic rings. The Morgan fingerprint density at radius 3 is 3.00 bits per heavy atom. The number of hydrogen-bond acceptors (Lipinski definition) is 2. The SMILES string of the molecule is Cc1cc(C)n2c3c(nc2c1)CCc1sccc1-3. The number of thiophene rings is 1. The highest BCUT2D eigenvalue weighted by atomic mass is 32.1. The molecule has 0 saturated carbocycles. The standard InChI is InChI=1S/C15H14N2S/c1-9-7-10(2)17-14(8-9)16-12-3-4-13-11(15(12)17)5-6-18-13/h5-8H,3-4H2,1-2H3. The van der Waals surface area contributed by atoms with Crippen molar-refractivity contribution in [3.63, 3.8) is 0 Å². The van der Waals surface area contributed by atoms with Gasteiger partial charge >= 0.3 is 0 Å². The first-order valence-electron chi connectivity index (χ1n) is 6.29. The second-order valence-corrected chi connectivity index (χ2v) is 6.03. The van der Waals surface area contributed by atoms with Gasteiger partial charge in [0.25, 0.3) is 0 Å². The maximum Gasteiger partial charge on any atom is 0.137 e. The van der Waals surface area contributed by atoms with E-state index in [0.29, 0.717) is 0 Å². The molecule has 4 rings (SSSR count). The normalized spacial score (nSPS) is 13.7. The third kappa shape index (κ3) is 1.25. The number of imidazole rings is 1. The van der Waals surface area contributed by atoms with Crippen molar-refractivity contribution in [3.05, 3.63) is 45.4 Å². The third-order valence-electron chi connectivity index (χ3n) is 3.71. The number of hydrogen-bond donors (Lipinski definition) is 0. The summed E-state index contributed by atoms with van der Waals surface area (Å²) < 4.78 is 2.31. The molecule has 0 spiro atoms. The summed E-state index contributed by atoms with van der Waals surface area (Å²) in [5, 5.41) is 2.20. The lowest BCUT2D eigenvalue weighted by atomic mass is 10.00. The van der Waals surface area contributed by atoms with Gasteiger partial charge in [0.15, 0.2) is 0 Å². The molecule has 0 amide bonds. The monoisotopic (exact) mass is 254 g/mol. The molecule has 1 aliphatic carbocycles. The van der Waals surface area contributed by atoms with Gasteiger partial charge in [0.05, 0.1) is 11.4 Å². The molecule has 0 fully saturated rings. The van der Waals surface area contributed by atoms with E-state index in [9.17, 15) is 0 Å². The van der Waals surface area contributed by atoms with Crippen LogP contribution in [0.15, 0.2) is 23.6 Å². The Labute approximate surface area is 110 Å². The zero-order chi connectivity index (χ0) is 12.3. The molecule has 0 atom stereocenters. The first-order valence-corrected chi connectivity index (χ1v) is 7.17. The summed E-state index contributed by atoms with van der Waals surface area (Å²) in [6.07, 6.45) is 2.21. The molecule has 3 heterocycles. The van der Waals surface area contributed by atoms with E-state index in [4.69, 9.17) is 4.98 Å². The van der Waals surface area contributed by atoms with Crippen LogP contribution >= 0.6 is 11.3 Å². The smallest absolute Gasteiger partial charge is 0.137 e. The van der Waals surface area contributed by atoms with Crippen LogP contribution in [0.3, 0.4) is 0 Å². The van der Waals surface area contributed by atoms with Crippen molar-refractivity contribution in [2.45, 2.75) is 26.7 Å². The van der Waals surface area contributed by atoms with E-state index in [1.807, 2.05) is 11.3 Å². The number of pyridine rings is 1. The first kappa shape index (κ1) is 10.3. The van der Waals surface area contributed by atoms with Crippen LogP contribution in [-0.4, -0.2) is 9.38 Å². The second kappa shape index (κ2) is 3.45. The predicted molar refractivity (Wildman–Crippen MR) is 75.4 cm³/mol. The molecule has 0 N–H and O–H groups in total. The highest BCUT2D eigenvalue weighted by Gasteiger charge is 2.23. The van der Waals surface area contributed by atoms with Crippen molar-refractivity contribution in [3.8, 4) is 11.3 Å². The van der Waals surface area contributed by atoms with E-state index in [1.54, 1.807) is 0 Å². The molecule has 0 aliphatic heterocycles. The summed E-state index contributed by atoms with van der Waals surface area (Å²) in [5.74, 6) is 0. The van der Waals surface area contributed by atoms with Crippen molar-refractivity contribution in [1.82, 2.24) is 9.38 Å². The van der Waals surface area contributed by atoms with Gasteiger partial charge in [-0.15, -0.1) is 11.3 Å². The van der Waals surface area contributed by atoms with Crippen LogP contribution in [-0.2, 0) is 12.8 Å². The lowest BCUT2D eigenvalue weighted by Gasteiger charge is -2.13. The van der Waals surface area contributed by atoms with Crippen LogP contribution in [0, 0.1) is 13.8 Å². The molecule has 0 bridgehead atoms. The predicted octanol–water partition coefficient (Wildman–Crippen LogP) is 3.78. The lowest BCUT2D eigenvalue weighted by Crippen LogP contribution is -2.03. The number of aromatic nitrogens is 2. The molecule has 0 radical (unpaired) electrons. The quantitative estimate of drug-likeness (QED) is 0.597. The summed E-state index contributed by atoms with van der Waals surface area (Å²) in [6, 6.07) is 6.65. The molecule has 3 aromatic heterocycles. The van der Waals surface area contributed by atoms with Crippen molar-refractivity contribution in [2.75, 3.05) is 0 Å². The zero-order valence-corrected chi connectivity index (χ0v) is 11.3. The summed E-state index contributed by atoms with van der Waals surface area (Å²) >= 11 is 1.87. The van der Waals surface area contributed by atoms with E-state index in [-0.39, 0.29) is 0 Å². The number of fused-ring (bicyclic) bond motifs is 5. The van der Waals surface area contributed by atoms with Crippen molar-refractivity contribution < 1.29 is 0 Å². The molecule has 1 aliphatic rings. The zero-order valence-electron chi connectivity index (χ0n) is 10.5. The minimum Gasteiger partial charge on any atom is -0.297 e. The molecule has 2 nitrogen and oxygen atoms in total. The Morgan fingerprint density at radius 2 is 2.11 bits per heavy atom. The summed E-state index contributed by atoms with van der Waals surface area (Å²) in [4.78, 5) is 6.32. The van der Waals surface area contributed by atoms with E-state index >= 15 is 0 Å². The van der Waals surface area contributed by atoms with Gasteiger partial charge in [0.2, 0.25) is 0 Å². The van der Waals surface area contributed by atoms with Gasteiger partial charge in [-0.3, -0.25) is 4.40 Å². The fraction of sp³-hybridized carbons (Fsp3) is 0.267. The maximum absolute atomic E-state index is 4.82. The largest absolute Gasteiger partial charge is 0.297 e. The highest BCUT2D eigenvalue weighted by molar-refractivity contribution is 7.10. The lowest BCUT2D eigenvalue weighted by molar-refractivity contribution is 0.924. The average Bonchev–Trinajstić information content (AvgIpc) is 2.89. The van der Waals surface area contributed by atoms with Crippen molar-refractivity contribution >= 4 is 17.0 Å². The Hall–Kier alpha value is -1.61. The Bertz CT molecular complexity index is 764.